The molecule has 0 spiro atoms. The number of halogens is 3. The number of aryl methyl sites for hydroxylation is 1. The van der Waals surface area contributed by atoms with E-state index < -0.39 is 67.2 Å². The first-order valence-electron chi connectivity index (χ1n) is 11.4. The van der Waals surface area contributed by atoms with Gasteiger partial charge >= 0.3 is 12.1 Å². The monoisotopic (exact) mass is 558 g/mol. The minimum Gasteiger partial charge on any atom is -0.449 e. The molecule has 1 aromatic heterocycles. The van der Waals surface area contributed by atoms with Crippen molar-refractivity contribution in [1.29, 1.82) is 0 Å². The van der Waals surface area contributed by atoms with E-state index >= 15 is 0 Å². The van der Waals surface area contributed by atoms with Crippen molar-refractivity contribution in [3.63, 3.8) is 0 Å². The van der Waals surface area contributed by atoms with Crippen LogP contribution in [0.25, 0.3) is 11.0 Å². The third-order valence-corrected chi connectivity index (χ3v) is 5.82. The Balaban J connectivity index is 1.74. The van der Waals surface area contributed by atoms with Gasteiger partial charge < -0.3 is 13.9 Å². The van der Waals surface area contributed by atoms with Crippen LogP contribution >= 0.6 is 0 Å². The third-order valence-electron chi connectivity index (χ3n) is 5.82. The number of hydrogen-bond acceptors (Lipinski definition) is 9. The first-order chi connectivity index (χ1) is 18.8. The summed E-state index contributed by atoms with van der Waals surface area (Å²) in [5, 5.41) is 22.2. The van der Waals surface area contributed by atoms with Gasteiger partial charge in [0.25, 0.3) is 17.1 Å². The molecule has 0 saturated carbocycles. The van der Waals surface area contributed by atoms with Gasteiger partial charge in [0.15, 0.2) is 0 Å². The highest BCUT2D eigenvalue weighted by atomic mass is 19.4. The van der Waals surface area contributed by atoms with E-state index in [1.54, 1.807) is 12.1 Å². The molecule has 0 unspecified atom stereocenters. The number of benzene rings is 3. The lowest BCUT2D eigenvalue weighted by molar-refractivity contribution is -0.395. The number of esters is 1. The molecule has 1 heterocycles. The normalized spacial score (nSPS) is 11.3. The Morgan fingerprint density at radius 2 is 1.52 bits per heavy atom. The Morgan fingerprint density at radius 1 is 0.950 bits per heavy atom. The second kappa shape index (κ2) is 10.5. The van der Waals surface area contributed by atoms with Crippen LogP contribution in [0.4, 0.5) is 24.5 Å². The van der Waals surface area contributed by atoms with Crippen molar-refractivity contribution in [3.8, 4) is 17.2 Å². The molecule has 0 aliphatic rings. The Kier molecular flexibility index (Phi) is 7.27. The average Bonchev–Trinajstić information content (AvgIpc) is 2.89. The van der Waals surface area contributed by atoms with Crippen LogP contribution in [0.3, 0.4) is 0 Å². The summed E-state index contributed by atoms with van der Waals surface area (Å²) in [4.78, 5) is 46.4. The quantitative estimate of drug-likeness (QED) is 0.107. The molecule has 4 aromatic rings. The Hall–Kier alpha value is -5.27. The van der Waals surface area contributed by atoms with Gasteiger partial charge in [-0.15, -0.1) is 0 Å². The molecule has 0 aliphatic heterocycles. The van der Waals surface area contributed by atoms with E-state index in [2.05, 4.69) is 0 Å². The summed E-state index contributed by atoms with van der Waals surface area (Å²) in [6.07, 6.45) is -4.46. The number of nitrogens with zero attached hydrogens (tertiary/aromatic N) is 2. The van der Waals surface area contributed by atoms with Crippen LogP contribution in [0.1, 0.15) is 34.2 Å². The molecule has 0 radical (unpaired) electrons. The summed E-state index contributed by atoms with van der Waals surface area (Å²) in [7, 11) is 0. The van der Waals surface area contributed by atoms with Gasteiger partial charge in [0.1, 0.15) is 22.6 Å². The summed E-state index contributed by atoms with van der Waals surface area (Å²) in [5.41, 5.74) is -3.12. The van der Waals surface area contributed by atoms with Gasteiger partial charge in [-0.3, -0.25) is 25.0 Å². The number of nitro benzene ring substituents is 2. The fourth-order valence-corrected chi connectivity index (χ4v) is 3.76. The maximum Gasteiger partial charge on any atom is 0.453 e. The van der Waals surface area contributed by atoms with Crippen LogP contribution < -0.4 is 14.9 Å². The van der Waals surface area contributed by atoms with Crippen LogP contribution in [-0.2, 0) is 12.6 Å². The van der Waals surface area contributed by atoms with E-state index in [9.17, 15) is 43.0 Å². The predicted molar refractivity (Wildman–Crippen MR) is 133 cm³/mol. The summed E-state index contributed by atoms with van der Waals surface area (Å²) < 4.78 is 56.8. The number of carbonyl (C=O) groups is 1. The van der Waals surface area contributed by atoms with Gasteiger partial charge in [0.2, 0.25) is 11.2 Å². The number of fused-ring (bicyclic) bond motifs is 1. The fourth-order valence-electron chi connectivity index (χ4n) is 3.76. The van der Waals surface area contributed by atoms with Crippen molar-refractivity contribution in [1.82, 2.24) is 0 Å². The third kappa shape index (κ3) is 5.45. The van der Waals surface area contributed by atoms with Crippen molar-refractivity contribution in [2.24, 2.45) is 0 Å². The summed E-state index contributed by atoms with van der Waals surface area (Å²) in [5.74, 6) is -4.52. The van der Waals surface area contributed by atoms with E-state index in [4.69, 9.17) is 13.9 Å². The Labute approximate surface area is 221 Å². The molecular formula is C26H17F3N2O9. The van der Waals surface area contributed by atoms with Gasteiger partial charge in [-0.25, -0.2) is 4.79 Å². The van der Waals surface area contributed by atoms with Gasteiger partial charge in [-0.2, -0.15) is 13.2 Å². The second-order valence-corrected chi connectivity index (χ2v) is 8.39. The zero-order chi connectivity index (χ0) is 29.4. The van der Waals surface area contributed by atoms with Crippen LogP contribution in [0, 0.1) is 27.2 Å². The zero-order valence-corrected chi connectivity index (χ0v) is 20.6. The molecule has 0 amide bonds. The van der Waals surface area contributed by atoms with Crippen molar-refractivity contribution < 1.29 is 41.7 Å². The first kappa shape index (κ1) is 27.8. The molecule has 14 heteroatoms. The number of rotatable bonds is 7. The van der Waals surface area contributed by atoms with Crippen molar-refractivity contribution in [2.45, 2.75) is 26.4 Å². The number of ether oxygens (including phenoxy) is 2. The molecule has 40 heavy (non-hydrogen) atoms. The van der Waals surface area contributed by atoms with Gasteiger partial charge in [-0.1, -0.05) is 19.1 Å². The molecule has 0 aliphatic carbocycles. The first-order valence-corrected chi connectivity index (χ1v) is 11.4. The van der Waals surface area contributed by atoms with Crippen LogP contribution in [-0.4, -0.2) is 15.8 Å². The van der Waals surface area contributed by atoms with Gasteiger partial charge in [-0.05, 0) is 43.2 Å². The molecule has 4 rings (SSSR count). The average molecular weight is 558 g/mol. The lowest BCUT2D eigenvalue weighted by atomic mass is 10.1. The predicted octanol–water partition coefficient (Wildman–Crippen LogP) is 6.51. The van der Waals surface area contributed by atoms with Gasteiger partial charge in [0.05, 0.1) is 20.8 Å². The highest BCUT2D eigenvalue weighted by Gasteiger charge is 2.40. The zero-order valence-electron chi connectivity index (χ0n) is 20.6. The molecule has 11 nitrogen and oxygen atoms in total. The molecule has 0 atom stereocenters. The standard InChI is InChI=1S/C26H17F3N2O9/c1-3-14-4-6-16(7-5-14)38-23-22(32)18-9-8-17(12-21(18)40-24(23)26(27,28)29)39-25(33)15-10-19(30(34)35)13(2)20(11-15)31(36)37/h4-12H,3H2,1-2H3. The number of hydrogen-bond donors (Lipinski definition) is 0. The SMILES string of the molecule is CCc1ccc(Oc2c(C(F)(F)F)oc3cc(OC(=O)c4cc([N+](=O)[O-])c(C)c([N+](=O)[O-])c4)ccc3c2=O)cc1. The molecule has 206 valence electrons. The Morgan fingerprint density at radius 3 is 2.05 bits per heavy atom. The number of alkyl halides is 3. The van der Waals surface area contributed by atoms with Crippen molar-refractivity contribution >= 4 is 28.3 Å². The van der Waals surface area contributed by atoms with E-state index in [0.29, 0.717) is 6.42 Å². The second-order valence-electron chi connectivity index (χ2n) is 8.39. The summed E-state index contributed by atoms with van der Waals surface area (Å²) in [6.45, 7) is 3.02. The van der Waals surface area contributed by atoms with Crippen LogP contribution in [0.5, 0.6) is 17.2 Å². The van der Waals surface area contributed by atoms with Crippen LogP contribution in [0.15, 0.2) is 63.8 Å². The maximum atomic E-state index is 13.8. The minimum absolute atomic E-state index is 0.0267. The topological polar surface area (TPSA) is 152 Å². The highest BCUT2D eigenvalue weighted by Crippen LogP contribution is 2.39. The van der Waals surface area contributed by atoms with E-state index in [1.807, 2.05) is 6.92 Å². The van der Waals surface area contributed by atoms with Crippen molar-refractivity contribution in [3.05, 3.63) is 107 Å². The smallest absolute Gasteiger partial charge is 0.449 e. The maximum absolute atomic E-state index is 13.8. The lowest BCUT2D eigenvalue weighted by Gasteiger charge is -2.14. The van der Waals surface area contributed by atoms with E-state index in [0.717, 1.165) is 42.8 Å². The molecule has 0 fully saturated rings. The molecule has 0 saturated heterocycles. The summed E-state index contributed by atoms with van der Waals surface area (Å²) >= 11 is 0. The lowest BCUT2D eigenvalue weighted by Crippen LogP contribution is -2.16. The minimum atomic E-state index is -5.14. The summed E-state index contributed by atoms with van der Waals surface area (Å²) in [6, 6.07) is 10.6. The molecular weight excluding hydrogens is 541 g/mol. The van der Waals surface area contributed by atoms with E-state index in [-0.39, 0.29) is 16.7 Å². The van der Waals surface area contributed by atoms with E-state index in [1.165, 1.54) is 12.1 Å². The largest absolute Gasteiger partial charge is 0.453 e. The molecule has 3 aromatic carbocycles. The Bertz CT molecular complexity index is 1690. The fraction of sp³-hybridized carbons (Fsp3) is 0.154. The van der Waals surface area contributed by atoms with Crippen molar-refractivity contribution in [2.75, 3.05) is 0 Å². The number of nitro groups is 2. The number of carbonyl (C=O) groups excluding carboxylic acids is 1. The highest BCUT2D eigenvalue weighted by molar-refractivity contribution is 5.93. The van der Waals surface area contributed by atoms with Crippen LogP contribution in [0.2, 0.25) is 0 Å². The van der Waals surface area contributed by atoms with Gasteiger partial charge in [0, 0.05) is 18.2 Å². The molecule has 0 N–H and O–H groups in total. The molecule has 0 bridgehead atoms.